The molecule has 0 spiro atoms. The Kier molecular flexibility index (Phi) is 2.68. The van der Waals surface area contributed by atoms with E-state index in [2.05, 4.69) is 31.8 Å². The average Bonchev–Trinajstić information content (AvgIpc) is 2.05. The molecule has 1 rings (SSSR count). The molecule has 1 N–H and O–H groups in total. The Bertz CT molecular complexity index is 228. The summed E-state index contributed by atoms with van der Waals surface area (Å²) in [5, 5.41) is 3.02. The molecule has 1 aliphatic rings. The second-order valence-corrected chi connectivity index (χ2v) is 4.26. The van der Waals surface area contributed by atoms with E-state index < -0.39 is 0 Å². The third-order valence-electron chi connectivity index (χ3n) is 2.46. The highest BCUT2D eigenvalue weighted by molar-refractivity contribution is 7.80. The fourth-order valence-electron chi connectivity index (χ4n) is 1.25. The summed E-state index contributed by atoms with van der Waals surface area (Å²) < 4.78 is 0. The van der Waals surface area contributed by atoms with Crippen molar-refractivity contribution in [3.05, 3.63) is 24.9 Å². The van der Waals surface area contributed by atoms with Gasteiger partial charge in [-0.1, -0.05) is 38.2 Å². The quantitative estimate of drug-likeness (QED) is 0.519. The van der Waals surface area contributed by atoms with E-state index in [1.54, 1.807) is 0 Å². The Balaban J connectivity index is 2.75. The standard InChI is InChI=1S/C10H15NS/c1-4-10(2,3)8-5-6-11-9(12)7-8/h4-6,8H,1,7H2,2-3H3,(H,11,12). The van der Waals surface area contributed by atoms with Crippen LogP contribution in [0.15, 0.2) is 24.9 Å². The second kappa shape index (κ2) is 3.40. The molecule has 2 heteroatoms. The molecule has 0 aromatic rings. The van der Waals surface area contributed by atoms with E-state index in [-0.39, 0.29) is 5.41 Å². The van der Waals surface area contributed by atoms with Gasteiger partial charge in [0.15, 0.2) is 0 Å². The minimum absolute atomic E-state index is 0.142. The molecule has 0 bridgehead atoms. The summed E-state index contributed by atoms with van der Waals surface area (Å²) in [7, 11) is 0. The number of nitrogens with one attached hydrogen (secondary N) is 1. The number of rotatable bonds is 2. The van der Waals surface area contributed by atoms with Gasteiger partial charge in [-0.05, 0) is 17.5 Å². The van der Waals surface area contributed by atoms with Crippen LogP contribution in [0.1, 0.15) is 20.3 Å². The van der Waals surface area contributed by atoms with Crippen molar-refractivity contribution in [1.29, 1.82) is 0 Å². The SMILES string of the molecule is C=CC(C)(C)C1C=CNC(=S)C1. The van der Waals surface area contributed by atoms with Crippen LogP contribution in [0.5, 0.6) is 0 Å². The van der Waals surface area contributed by atoms with Crippen LogP contribution in [0.4, 0.5) is 0 Å². The molecular weight excluding hydrogens is 166 g/mol. The zero-order valence-corrected chi connectivity index (χ0v) is 8.45. The van der Waals surface area contributed by atoms with Crippen molar-refractivity contribution < 1.29 is 0 Å². The molecule has 66 valence electrons. The lowest BCUT2D eigenvalue weighted by atomic mass is 9.76. The van der Waals surface area contributed by atoms with E-state index in [0.717, 1.165) is 11.4 Å². The Morgan fingerprint density at radius 1 is 1.75 bits per heavy atom. The first kappa shape index (κ1) is 9.46. The molecule has 12 heavy (non-hydrogen) atoms. The summed E-state index contributed by atoms with van der Waals surface area (Å²) in [6, 6.07) is 0. The van der Waals surface area contributed by atoms with E-state index in [9.17, 15) is 0 Å². The van der Waals surface area contributed by atoms with Crippen molar-refractivity contribution in [2.75, 3.05) is 0 Å². The molecule has 0 aliphatic carbocycles. The Morgan fingerprint density at radius 2 is 2.42 bits per heavy atom. The largest absolute Gasteiger partial charge is 0.357 e. The van der Waals surface area contributed by atoms with Crippen molar-refractivity contribution in [3.8, 4) is 0 Å². The first-order valence-electron chi connectivity index (χ1n) is 4.16. The fraction of sp³-hybridized carbons (Fsp3) is 0.500. The lowest BCUT2D eigenvalue weighted by molar-refractivity contribution is 0.348. The van der Waals surface area contributed by atoms with Gasteiger partial charge in [-0.3, -0.25) is 0 Å². The van der Waals surface area contributed by atoms with Crippen LogP contribution in [0, 0.1) is 11.3 Å². The smallest absolute Gasteiger partial charge is 0.0798 e. The van der Waals surface area contributed by atoms with Crippen molar-refractivity contribution in [3.63, 3.8) is 0 Å². The van der Waals surface area contributed by atoms with Crippen LogP contribution in [-0.2, 0) is 0 Å². The van der Waals surface area contributed by atoms with Crippen LogP contribution in [0.3, 0.4) is 0 Å². The van der Waals surface area contributed by atoms with Gasteiger partial charge in [0, 0.05) is 6.42 Å². The summed E-state index contributed by atoms with van der Waals surface area (Å²) in [5.74, 6) is 0.490. The van der Waals surface area contributed by atoms with Crippen LogP contribution in [0.2, 0.25) is 0 Å². The molecule has 1 heterocycles. The molecular formula is C10H15NS. The Labute approximate surface area is 79.5 Å². The van der Waals surface area contributed by atoms with E-state index in [0.29, 0.717) is 5.92 Å². The molecule has 0 saturated heterocycles. The average molecular weight is 181 g/mol. The van der Waals surface area contributed by atoms with E-state index in [1.165, 1.54) is 0 Å². The van der Waals surface area contributed by atoms with Crippen LogP contribution in [0.25, 0.3) is 0 Å². The molecule has 0 radical (unpaired) electrons. The van der Waals surface area contributed by atoms with Crippen molar-refractivity contribution in [1.82, 2.24) is 5.32 Å². The molecule has 1 unspecified atom stereocenters. The normalized spacial score (nSPS) is 23.5. The summed E-state index contributed by atoms with van der Waals surface area (Å²) in [5.41, 5.74) is 0.142. The van der Waals surface area contributed by atoms with Gasteiger partial charge >= 0.3 is 0 Å². The lowest BCUT2D eigenvalue weighted by Crippen LogP contribution is -2.30. The number of allylic oxidation sites excluding steroid dienone is 2. The van der Waals surface area contributed by atoms with Crippen molar-refractivity contribution in [2.24, 2.45) is 11.3 Å². The third kappa shape index (κ3) is 1.95. The van der Waals surface area contributed by atoms with Crippen LogP contribution >= 0.6 is 12.2 Å². The van der Waals surface area contributed by atoms with Gasteiger partial charge in [0.2, 0.25) is 0 Å². The maximum Gasteiger partial charge on any atom is 0.0798 e. The van der Waals surface area contributed by atoms with Gasteiger partial charge in [0.1, 0.15) is 0 Å². The Hall–Kier alpha value is -0.630. The van der Waals surface area contributed by atoms with E-state index in [1.807, 2.05) is 12.3 Å². The van der Waals surface area contributed by atoms with Crippen LogP contribution < -0.4 is 5.32 Å². The summed E-state index contributed by atoms with van der Waals surface area (Å²) in [6.45, 7) is 8.20. The number of hydrogen-bond donors (Lipinski definition) is 1. The number of hydrogen-bond acceptors (Lipinski definition) is 1. The van der Waals surface area contributed by atoms with Crippen LogP contribution in [-0.4, -0.2) is 4.99 Å². The zero-order valence-electron chi connectivity index (χ0n) is 7.63. The zero-order chi connectivity index (χ0) is 9.19. The van der Waals surface area contributed by atoms with E-state index >= 15 is 0 Å². The van der Waals surface area contributed by atoms with Crippen molar-refractivity contribution >= 4 is 17.2 Å². The summed E-state index contributed by atoms with van der Waals surface area (Å²) in [6.07, 6.45) is 7.03. The molecule has 1 nitrogen and oxygen atoms in total. The predicted molar refractivity (Wildman–Crippen MR) is 57.0 cm³/mol. The van der Waals surface area contributed by atoms with Gasteiger partial charge in [-0.2, -0.15) is 0 Å². The lowest BCUT2D eigenvalue weighted by Gasteiger charge is -2.31. The highest BCUT2D eigenvalue weighted by Gasteiger charge is 2.26. The maximum absolute atomic E-state index is 5.10. The van der Waals surface area contributed by atoms with Gasteiger partial charge in [0.25, 0.3) is 0 Å². The second-order valence-electron chi connectivity index (χ2n) is 3.76. The molecule has 0 saturated carbocycles. The first-order valence-corrected chi connectivity index (χ1v) is 4.57. The molecule has 0 aromatic heterocycles. The fourth-order valence-corrected chi connectivity index (χ4v) is 1.49. The van der Waals surface area contributed by atoms with Gasteiger partial charge in [-0.25, -0.2) is 0 Å². The highest BCUT2D eigenvalue weighted by Crippen LogP contribution is 2.32. The van der Waals surface area contributed by atoms with Gasteiger partial charge in [-0.15, -0.1) is 6.58 Å². The van der Waals surface area contributed by atoms with Gasteiger partial charge < -0.3 is 5.32 Å². The number of thiocarbonyl (C=S) groups is 1. The minimum Gasteiger partial charge on any atom is -0.357 e. The molecule has 0 fully saturated rings. The van der Waals surface area contributed by atoms with Crippen molar-refractivity contribution in [2.45, 2.75) is 20.3 Å². The molecule has 1 atom stereocenters. The summed E-state index contributed by atoms with van der Waals surface area (Å²) >= 11 is 5.10. The Morgan fingerprint density at radius 3 is 2.92 bits per heavy atom. The van der Waals surface area contributed by atoms with Gasteiger partial charge in [0.05, 0.1) is 4.99 Å². The predicted octanol–water partition coefficient (Wildman–Crippen LogP) is 2.65. The topological polar surface area (TPSA) is 12.0 Å². The minimum atomic E-state index is 0.142. The maximum atomic E-state index is 5.10. The molecule has 0 amide bonds. The summed E-state index contributed by atoms with van der Waals surface area (Å²) in [4.78, 5) is 0.928. The molecule has 0 aromatic carbocycles. The van der Waals surface area contributed by atoms with E-state index in [4.69, 9.17) is 12.2 Å². The highest BCUT2D eigenvalue weighted by atomic mass is 32.1. The molecule has 1 aliphatic heterocycles. The monoisotopic (exact) mass is 181 g/mol. The third-order valence-corrected chi connectivity index (χ3v) is 2.74. The first-order chi connectivity index (χ1) is 5.56.